The lowest BCUT2D eigenvalue weighted by molar-refractivity contribution is -0.133. The van der Waals surface area contributed by atoms with E-state index in [-0.39, 0.29) is 17.3 Å². The Morgan fingerprint density at radius 2 is 1.93 bits per heavy atom. The number of ketones is 1. The quantitative estimate of drug-likeness (QED) is 0.314. The maximum atomic E-state index is 11.6. The highest BCUT2D eigenvalue weighted by molar-refractivity contribution is 8.03. The Hall–Kier alpha value is -1.78. The van der Waals surface area contributed by atoms with Crippen LogP contribution in [-0.4, -0.2) is 50.3 Å². The van der Waals surface area contributed by atoms with Crippen LogP contribution in [0.5, 0.6) is 11.5 Å². The molecule has 27 heavy (non-hydrogen) atoms. The third kappa shape index (κ3) is 6.40. The van der Waals surface area contributed by atoms with Gasteiger partial charge in [-0.15, -0.1) is 10.2 Å². The van der Waals surface area contributed by atoms with E-state index in [2.05, 4.69) is 10.2 Å². The summed E-state index contributed by atoms with van der Waals surface area (Å²) in [5, 5.41) is 27.0. The first-order chi connectivity index (χ1) is 12.9. The Kier molecular flexibility index (Phi) is 8.39. The second-order valence-electron chi connectivity index (χ2n) is 5.46. The van der Waals surface area contributed by atoms with Gasteiger partial charge in [-0.05, 0) is 25.5 Å². The van der Waals surface area contributed by atoms with Crippen LogP contribution >= 0.6 is 34.9 Å². The van der Waals surface area contributed by atoms with Crippen LogP contribution in [0.15, 0.2) is 20.8 Å². The normalized spacial score (nSPS) is 10.7. The number of phenols is 1. The lowest BCUT2D eigenvalue weighted by Crippen LogP contribution is -2.05. The molecule has 1 aromatic carbocycles. The molecule has 2 N–H and O–H groups in total. The Balaban J connectivity index is 1.90. The van der Waals surface area contributed by atoms with Crippen LogP contribution < -0.4 is 4.74 Å². The van der Waals surface area contributed by atoms with E-state index in [1.165, 1.54) is 30.0 Å². The van der Waals surface area contributed by atoms with Gasteiger partial charge >= 0.3 is 5.97 Å². The fourth-order valence-corrected chi connectivity index (χ4v) is 4.87. The molecule has 0 saturated carbocycles. The third-order valence-corrected chi connectivity index (χ3v) is 6.53. The summed E-state index contributed by atoms with van der Waals surface area (Å²) in [6.45, 7) is 3.82. The molecule has 2 aromatic rings. The topological polar surface area (TPSA) is 110 Å². The summed E-state index contributed by atoms with van der Waals surface area (Å²) < 4.78 is 7.16. The molecule has 2 rings (SSSR count). The van der Waals surface area contributed by atoms with Crippen LogP contribution in [0, 0.1) is 0 Å². The van der Waals surface area contributed by atoms with E-state index in [0.29, 0.717) is 40.0 Å². The average Bonchev–Trinajstić information content (AvgIpc) is 3.07. The number of aromatic hydroxyl groups is 1. The summed E-state index contributed by atoms with van der Waals surface area (Å²) in [4.78, 5) is 22.1. The Labute approximate surface area is 169 Å². The number of hydrogen-bond acceptors (Lipinski definition) is 9. The number of thioether (sulfide) groups is 2. The van der Waals surface area contributed by atoms with E-state index in [1.807, 2.05) is 6.92 Å². The maximum absolute atomic E-state index is 11.6. The second-order valence-corrected chi connectivity index (χ2v) is 9.00. The molecule has 0 saturated heterocycles. The standard InChI is InChI=1S/C17H20N2O5S3/c1-3-4-12-13(6-5-11(10(2)20)15(12)23)24-7-8-25-16-18-19-17(27-16)26-9-14(21)22/h5-6,23H,3-4,7-9H2,1-2H3,(H,21,22). The van der Waals surface area contributed by atoms with Crippen LogP contribution in [-0.2, 0) is 11.2 Å². The summed E-state index contributed by atoms with van der Waals surface area (Å²) in [6, 6.07) is 3.30. The van der Waals surface area contributed by atoms with Crippen molar-refractivity contribution in [2.75, 3.05) is 18.1 Å². The molecule has 0 aliphatic heterocycles. The van der Waals surface area contributed by atoms with Crippen LogP contribution in [0.3, 0.4) is 0 Å². The van der Waals surface area contributed by atoms with Crippen molar-refractivity contribution in [3.8, 4) is 11.5 Å². The van der Waals surface area contributed by atoms with Gasteiger partial charge in [0.25, 0.3) is 0 Å². The predicted molar refractivity (Wildman–Crippen MR) is 107 cm³/mol. The highest BCUT2D eigenvalue weighted by atomic mass is 32.2. The molecule has 146 valence electrons. The van der Waals surface area contributed by atoms with Crippen molar-refractivity contribution in [1.82, 2.24) is 10.2 Å². The van der Waals surface area contributed by atoms with Crippen molar-refractivity contribution >= 4 is 46.6 Å². The molecule has 0 radical (unpaired) electrons. The van der Waals surface area contributed by atoms with Crippen molar-refractivity contribution in [3.05, 3.63) is 23.3 Å². The number of phenolic OH excluding ortho intramolecular Hbond substituents is 1. The predicted octanol–water partition coefficient (Wildman–Crippen LogP) is 3.75. The van der Waals surface area contributed by atoms with Gasteiger partial charge in [0.2, 0.25) is 0 Å². The average molecular weight is 429 g/mol. The minimum atomic E-state index is -0.889. The minimum Gasteiger partial charge on any atom is -0.507 e. The zero-order chi connectivity index (χ0) is 19.8. The lowest BCUT2D eigenvalue weighted by atomic mass is 10.0. The van der Waals surface area contributed by atoms with E-state index in [0.717, 1.165) is 22.5 Å². The van der Waals surface area contributed by atoms with Crippen molar-refractivity contribution in [2.45, 2.75) is 35.4 Å². The fourth-order valence-electron chi connectivity index (χ4n) is 2.25. The van der Waals surface area contributed by atoms with E-state index in [1.54, 1.807) is 12.1 Å². The number of rotatable bonds is 11. The van der Waals surface area contributed by atoms with Crippen LogP contribution in [0.1, 0.15) is 36.2 Å². The monoisotopic (exact) mass is 428 g/mol. The van der Waals surface area contributed by atoms with Crippen LogP contribution in [0.2, 0.25) is 0 Å². The van der Waals surface area contributed by atoms with Crippen LogP contribution in [0.25, 0.3) is 0 Å². The number of aromatic nitrogens is 2. The van der Waals surface area contributed by atoms with E-state index < -0.39 is 5.97 Å². The van der Waals surface area contributed by atoms with Gasteiger partial charge < -0.3 is 14.9 Å². The largest absolute Gasteiger partial charge is 0.507 e. The molecule has 0 amide bonds. The number of carboxylic acids is 1. The summed E-state index contributed by atoms with van der Waals surface area (Å²) in [5.74, 6) is 0.0923. The van der Waals surface area contributed by atoms with Crippen LogP contribution in [0.4, 0.5) is 0 Å². The van der Waals surface area contributed by atoms with Crippen molar-refractivity contribution in [1.29, 1.82) is 0 Å². The number of ether oxygens (including phenoxy) is 1. The number of Topliss-reactive ketones (excluding diaryl/α,β-unsaturated/α-hetero) is 1. The molecule has 0 fully saturated rings. The first kappa shape index (κ1) is 21.5. The molecule has 0 bridgehead atoms. The number of carbonyl (C=O) groups is 2. The molecular weight excluding hydrogens is 408 g/mol. The molecule has 1 aromatic heterocycles. The van der Waals surface area contributed by atoms with Gasteiger partial charge in [-0.3, -0.25) is 9.59 Å². The van der Waals surface area contributed by atoms with Gasteiger partial charge in [0.15, 0.2) is 14.5 Å². The van der Waals surface area contributed by atoms with E-state index in [4.69, 9.17) is 9.84 Å². The zero-order valence-electron chi connectivity index (χ0n) is 14.9. The highest BCUT2D eigenvalue weighted by Gasteiger charge is 2.16. The smallest absolute Gasteiger partial charge is 0.313 e. The van der Waals surface area contributed by atoms with E-state index in [9.17, 15) is 14.7 Å². The lowest BCUT2D eigenvalue weighted by Gasteiger charge is -2.14. The summed E-state index contributed by atoms with van der Waals surface area (Å²) in [7, 11) is 0. The molecular formula is C17H20N2O5S3. The highest BCUT2D eigenvalue weighted by Crippen LogP contribution is 2.33. The fraction of sp³-hybridized carbons (Fsp3) is 0.412. The number of aliphatic carboxylic acids is 1. The maximum Gasteiger partial charge on any atom is 0.313 e. The van der Waals surface area contributed by atoms with Gasteiger partial charge in [0.05, 0.1) is 17.9 Å². The van der Waals surface area contributed by atoms with Crippen molar-refractivity contribution in [3.63, 3.8) is 0 Å². The van der Waals surface area contributed by atoms with Crippen molar-refractivity contribution in [2.24, 2.45) is 0 Å². The number of carboxylic acid groups (broad SMARTS) is 1. The summed E-state index contributed by atoms with van der Waals surface area (Å²) in [5.41, 5.74) is 0.957. The molecule has 0 aliphatic carbocycles. The first-order valence-corrected chi connectivity index (χ1v) is 11.0. The summed E-state index contributed by atoms with van der Waals surface area (Å²) in [6.07, 6.45) is 1.44. The number of benzene rings is 1. The number of hydrogen-bond donors (Lipinski definition) is 2. The van der Waals surface area contributed by atoms with E-state index >= 15 is 0 Å². The number of carbonyl (C=O) groups excluding carboxylic acids is 1. The number of nitrogens with zero attached hydrogens (tertiary/aromatic N) is 2. The molecule has 0 atom stereocenters. The summed E-state index contributed by atoms with van der Waals surface area (Å²) >= 11 is 3.96. The van der Waals surface area contributed by atoms with Gasteiger partial charge in [0.1, 0.15) is 11.5 Å². The molecule has 0 spiro atoms. The Morgan fingerprint density at radius 3 is 2.56 bits per heavy atom. The Bertz CT molecular complexity index is 810. The Morgan fingerprint density at radius 1 is 1.22 bits per heavy atom. The van der Waals surface area contributed by atoms with Crippen molar-refractivity contribution < 1.29 is 24.5 Å². The molecule has 0 aliphatic rings. The van der Waals surface area contributed by atoms with Gasteiger partial charge in [0, 0.05) is 11.3 Å². The molecule has 10 heteroatoms. The minimum absolute atomic E-state index is 0.00118. The SMILES string of the molecule is CCCc1c(OCCSc2nnc(SCC(=O)O)s2)ccc(C(C)=O)c1O. The third-order valence-electron chi connectivity index (χ3n) is 3.39. The van der Waals surface area contributed by atoms with Gasteiger partial charge in [-0.25, -0.2) is 0 Å². The van der Waals surface area contributed by atoms with Gasteiger partial charge in [-0.1, -0.05) is 48.2 Å². The zero-order valence-corrected chi connectivity index (χ0v) is 17.4. The first-order valence-electron chi connectivity index (χ1n) is 8.21. The van der Waals surface area contributed by atoms with Gasteiger partial charge in [-0.2, -0.15) is 0 Å². The second kappa shape index (κ2) is 10.5. The molecule has 1 heterocycles. The molecule has 0 unspecified atom stereocenters. The molecule has 7 nitrogen and oxygen atoms in total.